The number of nitrogens with zero attached hydrogens (tertiary/aromatic N) is 1. The second-order valence-corrected chi connectivity index (χ2v) is 8.54. The Bertz CT molecular complexity index is 738. The lowest BCUT2D eigenvalue weighted by Gasteiger charge is -2.20. The van der Waals surface area contributed by atoms with Gasteiger partial charge in [0.25, 0.3) is 5.92 Å². The minimum atomic E-state index is -3.10. The van der Waals surface area contributed by atoms with Gasteiger partial charge < -0.3 is 4.55 Å². The van der Waals surface area contributed by atoms with Crippen LogP contribution in [0.25, 0.3) is 0 Å². The van der Waals surface area contributed by atoms with Gasteiger partial charge in [-0.3, -0.25) is 0 Å². The number of benzene rings is 2. The molecular formula is C19H21F2NOS. The van der Waals surface area contributed by atoms with Crippen molar-refractivity contribution in [1.29, 1.82) is 0 Å². The summed E-state index contributed by atoms with van der Waals surface area (Å²) >= 11 is -1.42. The van der Waals surface area contributed by atoms with E-state index < -0.39 is 22.0 Å². The fourth-order valence-electron chi connectivity index (χ4n) is 2.16. The monoisotopic (exact) mass is 349 g/mol. The smallest absolute Gasteiger partial charge is 0.298 e. The molecule has 2 aromatic carbocycles. The molecule has 0 N–H and O–H groups in total. The van der Waals surface area contributed by atoms with Gasteiger partial charge in [0.15, 0.2) is 0 Å². The minimum absolute atomic E-state index is 0.0163. The topological polar surface area (TPSA) is 35.4 Å². The summed E-state index contributed by atoms with van der Waals surface area (Å²) in [5, 5.41) is 0. The van der Waals surface area contributed by atoms with E-state index in [0.29, 0.717) is 11.1 Å². The van der Waals surface area contributed by atoms with Gasteiger partial charge >= 0.3 is 0 Å². The normalized spacial score (nSPS) is 14.1. The summed E-state index contributed by atoms with van der Waals surface area (Å²) in [6.45, 7) is 7.09. The Morgan fingerprint density at radius 1 is 1.04 bits per heavy atom. The van der Waals surface area contributed by atoms with Crippen molar-refractivity contribution in [3.8, 4) is 0 Å². The third-order valence-electron chi connectivity index (χ3n) is 3.55. The molecule has 0 spiro atoms. The number of hydrogen-bond acceptors (Lipinski definition) is 2. The van der Waals surface area contributed by atoms with Crippen molar-refractivity contribution in [2.24, 2.45) is 4.40 Å². The van der Waals surface area contributed by atoms with Crippen molar-refractivity contribution < 1.29 is 13.3 Å². The van der Waals surface area contributed by atoms with Crippen LogP contribution in [-0.4, -0.2) is 15.5 Å². The molecule has 2 nitrogen and oxygen atoms in total. The van der Waals surface area contributed by atoms with Crippen LogP contribution >= 0.6 is 0 Å². The number of hydrogen-bond donors (Lipinski definition) is 0. The van der Waals surface area contributed by atoms with Crippen LogP contribution in [0.4, 0.5) is 8.78 Å². The molecule has 5 heteroatoms. The Balaban J connectivity index is 2.34. The molecule has 0 aliphatic rings. The molecule has 0 radical (unpaired) electrons. The quantitative estimate of drug-likeness (QED) is 0.564. The number of alkyl halides is 2. The van der Waals surface area contributed by atoms with E-state index in [1.165, 1.54) is 24.4 Å². The van der Waals surface area contributed by atoms with Crippen molar-refractivity contribution in [3.63, 3.8) is 0 Å². The molecule has 0 heterocycles. The summed E-state index contributed by atoms with van der Waals surface area (Å²) in [6.07, 6.45) is 1.39. The van der Waals surface area contributed by atoms with Gasteiger partial charge in [-0.25, -0.2) is 0 Å². The Morgan fingerprint density at radius 3 is 2.33 bits per heavy atom. The molecule has 0 saturated carbocycles. The molecule has 0 aliphatic carbocycles. The van der Waals surface area contributed by atoms with Crippen LogP contribution in [0.15, 0.2) is 52.9 Å². The van der Waals surface area contributed by atoms with Gasteiger partial charge in [0.05, 0.1) is 6.21 Å². The third-order valence-corrected chi connectivity index (χ3v) is 4.90. The molecule has 0 aromatic heterocycles. The maximum atomic E-state index is 14.8. The summed E-state index contributed by atoms with van der Waals surface area (Å²) in [5.74, 6) is -3.10. The molecular weight excluding hydrogens is 328 g/mol. The van der Waals surface area contributed by atoms with Crippen LogP contribution in [0.3, 0.4) is 0 Å². The van der Waals surface area contributed by atoms with Crippen molar-refractivity contribution in [2.45, 2.75) is 38.4 Å². The molecule has 1 atom stereocenters. The average Bonchev–Trinajstić information content (AvgIpc) is 2.52. The van der Waals surface area contributed by atoms with Crippen molar-refractivity contribution in [3.05, 3.63) is 70.8 Å². The standard InChI is InChI=1S/C19H21F2NOS/c1-14-8-5-6-11-17(14)19(20,21)16-10-7-9-15(12-16)13-22-24(23)18(2,3)4/h5-13H,1-4H3. The Morgan fingerprint density at radius 2 is 1.71 bits per heavy atom. The average molecular weight is 349 g/mol. The van der Waals surface area contributed by atoms with Crippen LogP contribution < -0.4 is 0 Å². The molecule has 0 fully saturated rings. The zero-order valence-electron chi connectivity index (χ0n) is 14.2. The highest BCUT2D eigenvalue weighted by molar-refractivity contribution is 7.91. The molecule has 128 valence electrons. The predicted octanol–water partition coefficient (Wildman–Crippen LogP) is 5.02. The van der Waals surface area contributed by atoms with Gasteiger partial charge in [0, 0.05) is 11.1 Å². The fourth-order valence-corrected chi connectivity index (χ4v) is 2.70. The number of rotatable bonds is 4. The first kappa shape index (κ1) is 18.6. The van der Waals surface area contributed by atoms with Gasteiger partial charge in [-0.05, 0) is 44.9 Å². The van der Waals surface area contributed by atoms with Gasteiger partial charge in [0.2, 0.25) is 0 Å². The molecule has 0 saturated heterocycles. The third kappa shape index (κ3) is 4.22. The fraction of sp³-hybridized carbons (Fsp3) is 0.316. The van der Waals surface area contributed by atoms with E-state index in [-0.39, 0.29) is 11.1 Å². The number of halogens is 2. The first-order valence-corrected chi connectivity index (χ1v) is 8.73. The van der Waals surface area contributed by atoms with Crippen LogP contribution in [0.5, 0.6) is 0 Å². The van der Waals surface area contributed by atoms with E-state index in [9.17, 15) is 13.3 Å². The Hall–Kier alpha value is -1.72. The van der Waals surface area contributed by atoms with Crippen LogP contribution in [-0.2, 0) is 17.3 Å². The lowest BCUT2D eigenvalue weighted by atomic mass is 9.95. The maximum Gasteiger partial charge on any atom is 0.298 e. The zero-order valence-corrected chi connectivity index (χ0v) is 15.0. The molecule has 2 aromatic rings. The van der Waals surface area contributed by atoms with Gasteiger partial charge in [-0.15, -0.1) is 0 Å². The second kappa shape index (κ2) is 7.03. The van der Waals surface area contributed by atoms with Crippen molar-refractivity contribution in [2.75, 3.05) is 0 Å². The first-order valence-electron chi connectivity index (χ1n) is 7.63. The maximum absolute atomic E-state index is 14.8. The first-order chi connectivity index (χ1) is 11.1. The lowest BCUT2D eigenvalue weighted by molar-refractivity contribution is 0.0421. The highest BCUT2D eigenvalue weighted by atomic mass is 32.2. The molecule has 1 unspecified atom stereocenters. The largest absolute Gasteiger partial charge is 0.591 e. The molecule has 0 aliphatic heterocycles. The van der Waals surface area contributed by atoms with E-state index in [4.69, 9.17) is 0 Å². The Kier molecular flexibility index (Phi) is 5.45. The van der Waals surface area contributed by atoms with E-state index in [2.05, 4.69) is 4.40 Å². The predicted molar refractivity (Wildman–Crippen MR) is 96.1 cm³/mol. The minimum Gasteiger partial charge on any atom is -0.591 e. The van der Waals surface area contributed by atoms with Crippen molar-refractivity contribution in [1.82, 2.24) is 0 Å². The van der Waals surface area contributed by atoms with E-state index in [1.54, 1.807) is 37.3 Å². The van der Waals surface area contributed by atoms with Gasteiger partial charge in [-0.2, -0.15) is 8.78 Å². The lowest BCUT2D eigenvalue weighted by Crippen LogP contribution is -2.25. The van der Waals surface area contributed by atoms with Crippen molar-refractivity contribution >= 4 is 17.6 Å². The summed E-state index contributed by atoms with van der Waals surface area (Å²) in [7, 11) is 0. The zero-order chi connectivity index (χ0) is 18.0. The van der Waals surface area contributed by atoms with E-state index >= 15 is 0 Å². The van der Waals surface area contributed by atoms with Gasteiger partial charge in [0.1, 0.15) is 16.1 Å². The van der Waals surface area contributed by atoms with Crippen LogP contribution in [0.1, 0.15) is 43.0 Å². The SMILES string of the molecule is Cc1ccccc1C(F)(F)c1cccc(C=N[S+]([O-])C(C)(C)C)c1. The van der Waals surface area contributed by atoms with Crippen LogP contribution in [0.2, 0.25) is 0 Å². The summed E-state index contributed by atoms with van der Waals surface area (Å²) in [6, 6.07) is 12.4. The molecule has 2 rings (SSSR count). The van der Waals surface area contributed by atoms with E-state index in [0.717, 1.165) is 0 Å². The second-order valence-electron chi connectivity index (χ2n) is 6.61. The highest BCUT2D eigenvalue weighted by Gasteiger charge is 2.35. The van der Waals surface area contributed by atoms with Crippen LogP contribution in [0, 0.1) is 6.92 Å². The van der Waals surface area contributed by atoms with E-state index in [1.807, 2.05) is 20.8 Å². The number of aryl methyl sites for hydroxylation is 1. The van der Waals surface area contributed by atoms with Gasteiger partial charge in [-0.1, -0.05) is 46.9 Å². The molecule has 0 bridgehead atoms. The molecule has 24 heavy (non-hydrogen) atoms. The summed E-state index contributed by atoms with van der Waals surface area (Å²) in [4.78, 5) is 0. The molecule has 0 amide bonds. The highest BCUT2D eigenvalue weighted by Crippen LogP contribution is 2.37. The summed E-state index contributed by atoms with van der Waals surface area (Å²) in [5.41, 5.74) is 0.911. The Labute approximate surface area is 144 Å². The summed E-state index contributed by atoms with van der Waals surface area (Å²) < 4.78 is 45.1.